The van der Waals surface area contributed by atoms with E-state index < -0.39 is 0 Å². The van der Waals surface area contributed by atoms with Crippen LogP contribution in [0.4, 0.5) is 11.5 Å². The molecule has 0 atom stereocenters. The fourth-order valence-electron chi connectivity index (χ4n) is 2.70. The molecule has 4 aromatic rings. The molecular weight excluding hydrogens is 386 g/mol. The zero-order valence-electron chi connectivity index (χ0n) is 15.3. The smallest absolute Gasteiger partial charge is 0.187 e. The molecule has 4 heterocycles. The number of thiazole rings is 1. The van der Waals surface area contributed by atoms with Crippen LogP contribution in [0.3, 0.4) is 0 Å². The van der Waals surface area contributed by atoms with Gasteiger partial charge in [0.2, 0.25) is 0 Å². The lowest BCUT2D eigenvalue weighted by molar-refractivity contribution is 0.0988. The van der Waals surface area contributed by atoms with E-state index in [0.29, 0.717) is 23.8 Å². The van der Waals surface area contributed by atoms with E-state index in [0.717, 1.165) is 22.0 Å². The van der Waals surface area contributed by atoms with E-state index in [1.165, 1.54) is 17.5 Å². The average Bonchev–Trinajstić information content (AvgIpc) is 3.28. The first-order valence-electron chi connectivity index (χ1n) is 8.82. The summed E-state index contributed by atoms with van der Waals surface area (Å²) in [6.45, 7) is 0.472. The summed E-state index contributed by atoms with van der Waals surface area (Å²) in [5.74, 6) is 0.323. The van der Waals surface area contributed by atoms with Gasteiger partial charge in [0.05, 0.1) is 30.3 Å². The highest BCUT2D eigenvalue weighted by Crippen LogP contribution is 2.18. The van der Waals surface area contributed by atoms with E-state index in [9.17, 15) is 4.79 Å². The van der Waals surface area contributed by atoms with Crippen LogP contribution in [-0.2, 0) is 13.0 Å². The predicted octanol–water partition coefficient (Wildman–Crippen LogP) is 3.01. The van der Waals surface area contributed by atoms with Gasteiger partial charge in [0.25, 0.3) is 0 Å². The molecule has 0 unspecified atom stereocenters. The zero-order valence-corrected chi connectivity index (χ0v) is 16.1. The second kappa shape index (κ2) is 8.53. The standard InChI is InChI=1S/C20H17N7OS/c21-19-15(2-1-4-23-19)25-10-14-8-13(3-5-22-14)9-18(28)16-11-27-17(12-26-16)20-24-6-7-29-20/h1-8,11-12,25H,9-10H2,(H2,21,23). The van der Waals surface area contributed by atoms with Crippen LogP contribution in [0.25, 0.3) is 10.7 Å². The van der Waals surface area contributed by atoms with E-state index in [2.05, 4.69) is 30.2 Å². The Kier molecular flexibility index (Phi) is 5.48. The summed E-state index contributed by atoms with van der Waals surface area (Å²) in [6.07, 6.45) is 8.32. The average molecular weight is 403 g/mol. The first-order chi connectivity index (χ1) is 14.2. The number of ketones is 1. The van der Waals surface area contributed by atoms with E-state index in [4.69, 9.17) is 5.73 Å². The topological polar surface area (TPSA) is 120 Å². The van der Waals surface area contributed by atoms with Gasteiger partial charge in [-0.05, 0) is 29.8 Å². The first-order valence-corrected chi connectivity index (χ1v) is 9.70. The Balaban J connectivity index is 1.41. The maximum absolute atomic E-state index is 12.6. The van der Waals surface area contributed by atoms with Gasteiger partial charge in [0.15, 0.2) is 5.78 Å². The molecule has 9 heteroatoms. The molecule has 0 amide bonds. The molecule has 0 aliphatic rings. The number of pyridine rings is 2. The molecular formula is C20H17N7OS. The van der Waals surface area contributed by atoms with Crippen LogP contribution < -0.4 is 11.1 Å². The van der Waals surface area contributed by atoms with Crippen LogP contribution >= 0.6 is 11.3 Å². The molecule has 0 saturated heterocycles. The van der Waals surface area contributed by atoms with E-state index >= 15 is 0 Å². The Hall–Kier alpha value is -3.72. The van der Waals surface area contributed by atoms with E-state index in [1.807, 2.05) is 29.6 Å². The maximum atomic E-state index is 12.6. The van der Waals surface area contributed by atoms with Crippen molar-refractivity contribution in [3.63, 3.8) is 0 Å². The SMILES string of the molecule is Nc1ncccc1NCc1cc(CC(=O)c2cnc(-c3nccs3)cn2)ccn1. The zero-order chi connectivity index (χ0) is 20.1. The lowest BCUT2D eigenvalue weighted by atomic mass is 10.1. The molecule has 0 spiro atoms. The molecule has 0 aromatic carbocycles. The monoisotopic (exact) mass is 403 g/mol. The van der Waals surface area contributed by atoms with E-state index in [-0.39, 0.29) is 12.2 Å². The summed E-state index contributed by atoms with van der Waals surface area (Å²) in [6, 6.07) is 7.36. The minimum atomic E-state index is -0.107. The van der Waals surface area contributed by atoms with Crippen molar-refractivity contribution in [3.8, 4) is 10.7 Å². The number of nitrogens with zero attached hydrogens (tertiary/aromatic N) is 5. The summed E-state index contributed by atoms with van der Waals surface area (Å²) in [5, 5.41) is 5.84. The van der Waals surface area contributed by atoms with Crippen molar-refractivity contribution in [2.75, 3.05) is 11.1 Å². The van der Waals surface area contributed by atoms with Crippen LogP contribution in [0.15, 0.2) is 60.6 Å². The molecule has 4 aromatic heterocycles. The number of nitrogens with two attached hydrogens (primary N) is 1. The number of nitrogens with one attached hydrogen (secondary N) is 1. The Morgan fingerprint density at radius 2 is 1.97 bits per heavy atom. The highest BCUT2D eigenvalue weighted by Gasteiger charge is 2.11. The number of carbonyl (C=O) groups excluding carboxylic acids is 1. The quantitative estimate of drug-likeness (QED) is 0.452. The second-order valence-corrected chi connectivity index (χ2v) is 7.06. The second-order valence-electron chi connectivity index (χ2n) is 6.17. The van der Waals surface area contributed by atoms with Crippen molar-refractivity contribution in [2.24, 2.45) is 0 Å². The van der Waals surface area contributed by atoms with Crippen molar-refractivity contribution in [1.29, 1.82) is 0 Å². The van der Waals surface area contributed by atoms with Gasteiger partial charge in [-0.3, -0.25) is 9.78 Å². The van der Waals surface area contributed by atoms with Gasteiger partial charge in [0, 0.05) is 30.4 Å². The molecule has 3 N–H and O–H groups in total. The highest BCUT2D eigenvalue weighted by molar-refractivity contribution is 7.13. The summed E-state index contributed by atoms with van der Waals surface area (Å²) in [4.78, 5) is 33.7. The summed E-state index contributed by atoms with van der Waals surface area (Å²) < 4.78 is 0. The number of carbonyl (C=O) groups is 1. The van der Waals surface area contributed by atoms with Crippen molar-refractivity contribution in [1.82, 2.24) is 24.9 Å². The van der Waals surface area contributed by atoms with Crippen LogP contribution in [0, 0.1) is 0 Å². The Labute approximate surface area is 170 Å². The minimum Gasteiger partial charge on any atom is -0.382 e. The fraction of sp³-hybridized carbons (Fsp3) is 0.100. The molecule has 0 saturated carbocycles. The third-order valence-electron chi connectivity index (χ3n) is 4.13. The van der Waals surface area contributed by atoms with Crippen molar-refractivity contribution in [3.05, 3.63) is 77.6 Å². The van der Waals surface area contributed by atoms with Crippen LogP contribution in [0.5, 0.6) is 0 Å². The van der Waals surface area contributed by atoms with Gasteiger partial charge in [0.1, 0.15) is 22.2 Å². The summed E-state index contributed by atoms with van der Waals surface area (Å²) >= 11 is 1.48. The third kappa shape index (κ3) is 4.58. The minimum absolute atomic E-state index is 0.107. The Morgan fingerprint density at radius 3 is 2.72 bits per heavy atom. The van der Waals surface area contributed by atoms with Gasteiger partial charge < -0.3 is 11.1 Å². The summed E-state index contributed by atoms with van der Waals surface area (Å²) in [5.41, 5.74) is 9.20. The number of nitrogen functional groups attached to an aromatic ring is 1. The molecule has 29 heavy (non-hydrogen) atoms. The highest BCUT2D eigenvalue weighted by atomic mass is 32.1. The largest absolute Gasteiger partial charge is 0.382 e. The number of hydrogen-bond donors (Lipinski definition) is 2. The van der Waals surface area contributed by atoms with Crippen LogP contribution in [0.2, 0.25) is 0 Å². The molecule has 0 bridgehead atoms. The number of rotatable bonds is 7. The molecule has 4 rings (SSSR count). The number of aromatic nitrogens is 5. The Bertz CT molecular complexity index is 1110. The van der Waals surface area contributed by atoms with Gasteiger partial charge in [-0.1, -0.05) is 0 Å². The predicted molar refractivity (Wildman–Crippen MR) is 111 cm³/mol. The third-order valence-corrected chi connectivity index (χ3v) is 4.93. The molecule has 0 aliphatic heterocycles. The Morgan fingerprint density at radius 1 is 1.03 bits per heavy atom. The lowest BCUT2D eigenvalue weighted by Gasteiger charge is -2.09. The van der Waals surface area contributed by atoms with Crippen LogP contribution in [-0.4, -0.2) is 30.7 Å². The molecule has 0 fully saturated rings. The van der Waals surface area contributed by atoms with Gasteiger partial charge in [-0.25, -0.2) is 19.9 Å². The van der Waals surface area contributed by atoms with Crippen molar-refractivity contribution in [2.45, 2.75) is 13.0 Å². The van der Waals surface area contributed by atoms with Crippen LogP contribution in [0.1, 0.15) is 21.7 Å². The molecule has 0 radical (unpaired) electrons. The normalized spacial score (nSPS) is 10.6. The number of Topliss-reactive ketones (excluding diaryl/α,β-unsaturated/α-hetero) is 1. The molecule has 0 aliphatic carbocycles. The van der Waals surface area contributed by atoms with Gasteiger partial charge >= 0.3 is 0 Å². The van der Waals surface area contributed by atoms with Gasteiger partial charge in [-0.15, -0.1) is 11.3 Å². The summed E-state index contributed by atoms with van der Waals surface area (Å²) in [7, 11) is 0. The van der Waals surface area contributed by atoms with Crippen molar-refractivity contribution < 1.29 is 4.79 Å². The fourth-order valence-corrected chi connectivity index (χ4v) is 3.29. The van der Waals surface area contributed by atoms with Gasteiger partial charge in [-0.2, -0.15) is 0 Å². The van der Waals surface area contributed by atoms with E-state index in [1.54, 1.807) is 24.8 Å². The van der Waals surface area contributed by atoms with Crippen molar-refractivity contribution >= 4 is 28.6 Å². The number of hydrogen-bond acceptors (Lipinski definition) is 9. The number of anilines is 2. The maximum Gasteiger partial charge on any atom is 0.187 e. The molecule has 8 nitrogen and oxygen atoms in total. The first kappa shape index (κ1) is 18.6. The molecule has 144 valence electrons. The lowest BCUT2D eigenvalue weighted by Crippen LogP contribution is -2.09.